The number of aryl methyl sites for hydroxylation is 1. The Kier molecular flexibility index (Phi) is 8.46. The van der Waals surface area contributed by atoms with Crippen molar-refractivity contribution in [1.29, 1.82) is 5.26 Å². The van der Waals surface area contributed by atoms with Crippen molar-refractivity contribution in [2.45, 2.75) is 6.92 Å². The first-order chi connectivity index (χ1) is 19.7. The quantitative estimate of drug-likeness (QED) is 0.173. The van der Waals surface area contributed by atoms with Gasteiger partial charge in [-0.25, -0.2) is 0 Å². The maximum Gasteiger partial charge on any atom is 0.121 e. The van der Waals surface area contributed by atoms with Crippen molar-refractivity contribution in [3.8, 4) is 39.7 Å². The fourth-order valence-corrected chi connectivity index (χ4v) is 4.67. The maximum atomic E-state index is 9.68. The summed E-state index contributed by atoms with van der Waals surface area (Å²) in [4.78, 5) is 8.70. The molecule has 0 saturated heterocycles. The van der Waals surface area contributed by atoms with Crippen LogP contribution >= 0.6 is 0 Å². The predicted octanol–water partition coefficient (Wildman–Crippen LogP) is 8.84. The van der Waals surface area contributed by atoms with Crippen molar-refractivity contribution in [3.05, 3.63) is 145 Å². The molecular formula is C36H23IrN3O-2. The molecule has 0 saturated carbocycles. The largest absolute Gasteiger partial charge is 0.501 e. The topological polar surface area (TPSA) is 62.7 Å². The van der Waals surface area contributed by atoms with Gasteiger partial charge in [-0.1, -0.05) is 65.0 Å². The number of hydrogen-bond donors (Lipinski definition) is 0. The van der Waals surface area contributed by atoms with Gasteiger partial charge in [0.05, 0.1) is 17.2 Å². The normalized spacial score (nSPS) is 10.3. The summed E-state index contributed by atoms with van der Waals surface area (Å²) in [6.45, 7) is 2.06. The first kappa shape index (κ1) is 27.7. The van der Waals surface area contributed by atoms with Crippen molar-refractivity contribution in [3.63, 3.8) is 0 Å². The number of nitrogens with zero attached hydrogens (tertiary/aromatic N) is 3. The van der Waals surface area contributed by atoms with Gasteiger partial charge in [0.2, 0.25) is 0 Å². The maximum absolute atomic E-state index is 9.68. The molecule has 3 aromatic heterocycles. The van der Waals surface area contributed by atoms with Crippen molar-refractivity contribution >= 4 is 21.9 Å². The molecule has 4 nitrogen and oxygen atoms in total. The number of aromatic nitrogens is 2. The van der Waals surface area contributed by atoms with Crippen LogP contribution in [0.1, 0.15) is 11.1 Å². The molecule has 5 heteroatoms. The molecule has 0 aliphatic carbocycles. The minimum atomic E-state index is 0. The summed E-state index contributed by atoms with van der Waals surface area (Å²) >= 11 is 0. The molecule has 0 N–H and O–H groups in total. The molecule has 0 spiro atoms. The van der Waals surface area contributed by atoms with Gasteiger partial charge >= 0.3 is 0 Å². The number of hydrogen-bond acceptors (Lipinski definition) is 4. The van der Waals surface area contributed by atoms with Gasteiger partial charge in [0, 0.05) is 43.4 Å². The number of nitriles is 1. The third-order valence-corrected chi connectivity index (χ3v) is 6.60. The van der Waals surface area contributed by atoms with E-state index in [4.69, 9.17) is 4.42 Å². The van der Waals surface area contributed by atoms with Gasteiger partial charge in [0.1, 0.15) is 5.58 Å². The van der Waals surface area contributed by atoms with Crippen LogP contribution in [0.15, 0.2) is 126 Å². The first-order valence-electron chi connectivity index (χ1n) is 12.9. The van der Waals surface area contributed by atoms with Gasteiger partial charge in [0.15, 0.2) is 0 Å². The van der Waals surface area contributed by atoms with Gasteiger partial charge in [-0.15, -0.1) is 54.1 Å². The molecule has 7 aromatic rings. The number of furan rings is 1. The third-order valence-electron chi connectivity index (χ3n) is 6.60. The summed E-state index contributed by atoms with van der Waals surface area (Å²) in [5.74, 6) is 0. The van der Waals surface area contributed by atoms with E-state index in [9.17, 15) is 5.26 Å². The Morgan fingerprint density at radius 1 is 0.732 bits per heavy atom. The fourth-order valence-electron chi connectivity index (χ4n) is 4.67. The molecule has 0 bridgehead atoms. The number of benzene rings is 4. The van der Waals surface area contributed by atoms with Crippen LogP contribution in [0.25, 0.3) is 55.6 Å². The van der Waals surface area contributed by atoms with Crippen molar-refractivity contribution in [2.75, 3.05) is 0 Å². The van der Waals surface area contributed by atoms with Crippen LogP contribution in [0.3, 0.4) is 0 Å². The van der Waals surface area contributed by atoms with E-state index in [2.05, 4.69) is 41.2 Å². The van der Waals surface area contributed by atoms with Crippen LogP contribution in [-0.4, -0.2) is 9.97 Å². The summed E-state index contributed by atoms with van der Waals surface area (Å²) in [6, 6.07) is 44.0. The molecule has 0 unspecified atom stereocenters. The molecule has 0 aliphatic rings. The second-order valence-corrected chi connectivity index (χ2v) is 9.28. The molecule has 0 amide bonds. The summed E-state index contributed by atoms with van der Waals surface area (Å²) in [6.07, 6.45) is 3.58. The van der Waals surface area contributed by atoms with Gasteiger partial charge in [-0.2, -0.15) is 5.26 Å². The Morgan fingerprint density at radius 3 is 2.27 bits per heavy atom. The van der Waals surface area contributed by atoms with Crippen LogP contribution < -0.4 is 0 Å². The second-order valence-electron chi connectivity index (χ2n) is 9.28. The Hall–Kier alpha value is -4.88. The summed E-state index contributed by atoms with van der Waals surface area (Å²) < 4.78 is 6.22. The average Bonchev–Trinajstić information content (AvgIpc) is 3.40. The minimum absolute atomic E-state index is 0. The summed E-state index contributed by atoms with van der Waals surface area (Å²) in [5.41, 5.74) is 8.87. The van der Waals surface area contributed by atoms with Crippen molar-refractivity contribution in [1.82, 2.24) is 9.97 Å². The molecular weight excluding hydrogens is 683 g/mol. The van der Waals surface area contributed by atoms with E-state index in [1.54, 1.807) is 6.20 Å². The SMILES string of the molecule is Cc1ccnc(-c2[c-]cccc2)c1.N#Cc1cc2c(cc1-c1ccccc1)oc1c(-c3ccccn3)[c-]ccc12.[Ir]. The molecule has 3 heterocycles. The second kappa shape index (κ2) is 12.5. The monoisotopic (exact) mass is 706 g/mol. The van der Waals surface area contributed by atoms with Crippen LogP contribution in [-0.2, 0) is 20.1 Å². The zero-order valence-corrected chi connectivity index (χ0v) is 24.5. The third kappa shape index (κ3) is 5.85. The molecule has 1 radical (unpaired) electrons. The van der Waals surface area contributed by atoms with E-state index >= 15 is 0 Å². The zero-order valence-electron chi connectivity index (χ0n) is 22.1. The van der Waals surface area contributed by atoms with Gasteiger partial charge in [0.25, 0.3) is 0 Å². The van der Waals surface area contributed by atoms with E-state index in [-0.39, 0.29) is 20.1 Å². The van der Waals surface area contributed by atoms with Gasteiger partial charge in [-0.3, -0.25) is 0 Å². The average molecular weight is 706 g/mol. The molecule has 0 aliphatic heterocycles. The molecule has 0 atom stereocenters. The number of fused-ring (bicyclic) bond motifs is 3. The van der Waals surface area contributed by atoms with E-state index in [0.717, 1.165) is 55.6 Å². The molecule has 7 rings (SSSR count). The number of pyridine rings is 2. The fraction of sp³-hybridized carbons (Fsp3) is 0.0278. The Balaban J connectivity index is 0.000000204. The van der Waals surface area contributed by atoms with Crippen LogP contribution in [0.4, 0.5) is 0 Å². The molecule has 41 heavy (non-hydrogen) atoms. The van der Waals surface area contributed by atoms with Crippen molar-refractivity contribution < 1.29 is 24.5 Å². The number of rotatable bonds is 3. The van der Waals surface area contributed by atoms with Crippen LogP contribution in [0.2, 0.25) is 0 Å². The van der Waals surface area contributed by atoms with E-state index in [1.807, 2.05) is 109 Å². The van der Waals surface area contributed by atoms with Gasteiger partial charge in [-0.05, 0) is 48.1 Å². The zero-order chi connectivity index (χ0) is 27.3. The van der Waals surface area contributed by atoms with E-state index in [0.29, 0.717) is 5.56 Å². The first-order valence-corrected chi connectivity index (χ1v) is 12.9. The Morgan fingerprint density at radius 2 is 1.54 bits per heavy atom. The van der Waals surface area contributed by atoms with Crippen molar-refractivity contribution in [2.24, 2.45) is 0 Å². The molecule has 199 valence electrons. The Labute approximate surface area is 252 Å². The summed E-state index contributed by atoms with van der Waals surface area (Å²) in [5, 5.41) is 11.6. The van der Waals surface area contributed by atoms with Crippen LogP contribution in [0.5, 0.6) is 0 Å². The Bertz CT molecular complexity index is 1960. The summed E-state index contributed by atoms with van der Waals surface area (Å²) in [7, 11) is 0. The smallest absolute Gasteiger partial charge is 0.121 e. The van der Waals surface area contributed by atoms with E-state index in [1.165, 1.54) is 5.56 Å². The molecule has 0 fully saturated rings. The predicted molar refractivity (Wildman–Crippen MR) is 159 cm³/mol. The van der Waals surface area contributed by atoms with E-state index < -0.39 is 0 Å². The minimum Gasteiger partial charge on any atom is -0.501 e. The molecule has 4 aromatic carbocycles. The standard InChI is InChI=1S/C24H13N2O.C12H10N.Ir/c25-15-17-13-21-18-9-6-10-19(22-11-4-5-12-26-22)24(18)27-23(21)14-20(17)16-7-2-1-3-8-16;1-10-7-8-13-12(9-10)11-5-3-2-4-6-11;/h1-9,11-14H;2-5,7-9H,1H3;/q2*-1;. The van der Waals surface area contributed by atoms with Crippen LogP contribution in [0, 0.1) is 30.4 Å². The van der Waals surface area contributed by atoms with Gasteiger partial charge < -0.3 is 14.4 Å².